The maximum Gasteiger partial charge on any atom is 0.220 e. The molecular formula is C17H36N2O2. The highest BCUT2D eigenvalue weighted by molar-refractivity contribution is 5.75. The summed E-state index contributed by atoms with van der Waals surface area (Å²) in [6.07, 6.45) is 13.5. The highest BCUT2D eigenvalue weighted by Crippen LogP contribution is 2.10. The van der Waals surface area contributed by atoms with E-state index in [9.17, 15) is 4.79 Å². The number of aliphatic hydroxyl groups is 1. The van der Waals surface area contributed by atoms with Gasteiger partial charge in [-0.1, -0.05) is 51.4 Å². The summed E-state index contributed by atoms with van der Waals surface area (Å²) in [5.74, 6) is 0.134. The fourth-order valence-corrected chi connectivity index (χ4v) is 2.33. The Morgan fingerprint density at radius 3 is 1.90 bits per heavy atom. The predicted molar refractivity (Wildman–Crippen MR) is 89.1 cm³/mol. The standard InChI is InChI=1S/C17H36N2O2/c1-16(18)12-13-17(21)19-14-10-8-6-4-2-3-5-7-9-11-15-20/h16,20H,2-15,18H2,1H3,(H,19,21)/t16-/m1/s1. The number of aliphatic hydroxyl groups excluding tert-OH is 1. The Morgan fingerprint density at radius 2 is 1.43 bits per heavy atom. The highest BCUT2D eigenvalue weighted by atomic mass is 16.2. The molecule has 1 amide bonds. The Labute approximate surface area is 130 Å². The summed E-state index contributed by atoms with van der Waals surface area (Å²) in [5.41, 5.74) is 5.62. The molecule has 0 rings (SSSR count). The van der Waals surface area contributed by atoms with E-state index in [2.05, 4.69) is 5.32 Å². The minimum Gasteiger partial charge on any atom is -0.396 e. The van der Waals surface area contributed by atoms with Crippen molar-refractivity contribution in [3.05, 3.63) is 0 Å². The van der Waals surface area contributed by atoms with Gasteiger partial charge in [-0.15, -0.1) is 0 Å². The predicted octanol–water partition coefficient (Wildman–Crippen LogP) is 3.12. The van der Waals surface area contributed by atoms with E-state index in [4.69, 9.17) is 10.8 Å². The number of amides is 1. The number of hydrogen-bond acceptors (Lipinski definition) is 3. The van der Waals surface area contributed by atoms with Crippen molar-refractivity contribution < 1.29 is 9.90 Å². The third-order valence-electron chi connectivity index (χ3n) is 3.73. The van der Waals surface area contributed by atoms with Crippen molar-refractivity contribution in [2.45, 2.75) is 90.0 Å². The summed E-state index contributed by atoms with van der Waals surface area (Å²) in [4.78, 5) is 11.4. The number of carbonyl (C=O) groups excluding carboxylic acids is 1. The van der Waals surface area contributed by atoms with E-state index in [1.165, 1.54) is 51.4 Å². The van der Waals surface area contributed by atoms with Crippen LogP contribution in [0, 0.1) is 0 Å². The SMILES string of the molecule is C[C@@H](N)CCC(=O)NCCCCCCCCCCCCO. The molecule has 0 aliphatic heterocycles. The number of rotatable bonds is 15. The molecule has 4 nitrogen and oxygen atoms in total. The van der Waals surface area contributed by atoms with Crippen LogP contribution >= 0.6 is 0 Å². The Morgan fingerprint density at radius 1 is 0.952 bits per heavy atom. The summed E-state index contributed by atoms with van der Waals surface area (Å²) < 4.78 is 0. The molecule has 0 saturated heterocycles. The lowest BCUT2D eigenvalue weighted by atomic mass is 10.1. The summed E-state index contributed by atoms with van der Waals surface area (Å²) in [5, 5.41) is 11.6. The van der Waals surface area contributed by atoms with Crippen LogP contribution in [0.5, 0.6) is 0 Å². The zero-order chi connectivity index (χ0) is 15.8. The van der Waals surface area contributed by atoms with Crippen LogP contribution in [-0.4, -0.2) is 30.2 Å². The molecule has 0 fully saturated rings. The number of carbonyl (C=O) groups is 1. The number of nitrogens with one attached hydrogen (secondary N) is 1. The molecule has 0 aliphatic rings. The third-order valence-corrected chi connectivity index (χ3v) is 3.73. The van der Waals surface area contributed by atoms with Gasteiger partial charge in [-0.25, -0.2) is 0 Å². The highest BCUT2D eigenvalue weighted by Gasteiger charge is 2.02. The molecule has 1 atom stereocenters. The molecule has 4 heteroatoms. The summed E-state index contributed by atoms with van der Waals surface area (Å²) in [6, 6.07) is 0.111. The molecule has 0 saturated carbocycles. The van der Waals surface area contributed by atoms with Crippen molar-refractivity contribution >= 4 is 5.91 Å². The van der Waals surface area contributed by atoms with Crippen molar-refractivity contribution in [3.63, 3.8) is 0 Å². The van der Waals surface area contributed by atoms with Crippen LogP contribution in [0.25, 0.3) is 0 Å². The minimum atomic E-state index is 0.111. The number of nitrogens with two attached hydrogens (primary N) is 1. The fourth-order valence-electron chi connectivity index (χ4n) is 2.33. The van der Waals surface area contributed by atoms with Crippen LogP contribution < -0.4 is 11.1 Å². The normalized spacial score (nSPS) is 12.3. The van der Waals surface area contributed by atoms with Gasteiger partial charge in [-0.05, 0) is 26.2 Å². The van der Waals surface area contributed by atoms with Gasteiger partial charge in [0.1, 0.15) is 0 Å². The van der Waals surface area contributed by atoms with Crippen LogP contribution in [-0.2, 0) is 4.79 Å². The second-order valence-electron chi connectivity index (χ2n) is 6.13. The second-order valence-corrected chi connectivity index (χ2v) is 6.13. The third kappa shape index (κ3) is 17.3. The first-order valence-corrected chi connectivity index (χ1v) is 8.80. The topological polar surface area (TPSA) is 75.4 Å². The van der Waals surface area contributed by atoms with Gasteiger partial charge in [0.2, 0.25) is 5.91 Å². The van der Waals surface area contributed by atoms with E-state index in [-0.39, 0.29) is 11.9 Å². The quantitative estimate of drug-likeness (QED) is 0.407. The fraction of sp³-hybridized carbons (Fsp3) is 0.941. The lowest BCUT2D eigenvalue weighted by molar-refractivity contribution is -0.121. The van der Waals surface area contributed by atoms with Crippen molar-refractivity contribution in [1.29, 1.82) is 0 Å². The van der Waals surface area contributed by atoms with Crippen LogP contribution in [0.15, 0.2) is 0 Å². The maximum absolute atomic E-state index is 11.4. The lowest BCUT2D eigenvalue weighted by Crippen LogP contribution is -2.26. The van der Waals surface area contributed by atoms with Gasteiger partial charge in [-0.2, -0.15) is 0 Å². The molecule has 0 aromatic heterocycles. The van der Waals surface area contributed by atoms with Crippen molar-refractivity contribution in [2.24, 2.45) is 5.73 Å². The number of hydrogen-bond donors (Lipinski definition) is 3. The van der Waals surface area contributed by atoms with Gasteiger partial charge >= 0.3 is 0 Å². The van der Waals surface area contributed by atoms with Crippen LogP contribution in [0.1, 0.15) is 84.0 Å². The largest absolute Gasteiger partial charge is 0.396 e. The smallest absolute Gasteiger partial charge is 0.220 e. The Kier molecular flexibility index (Phi) is 15.3. The van der Waals surface area contributed by atoms with Gasteiger partial charge in [0.15, 0.2) is 0 Å². The van der Waals surface area contributed by atoms with Crippen molar-refractivity contribution in [2.75, 3.05) is 13.2 Å². The van der Waals surface area contributed by atoms with E-state index < -0.39 is 0 Å². The Bertz CT molecular complexity index is 233. The average Bonchev–Trinajstić information content (AvgIpc) is 2.46. The summed E-state index contributed by atoms with van der Waals surface area (Å²) in [6.45, 7) is 3.07. The molecule has 0 bridgehead atoms. The van der Waals surface area contributed by atoms with E-state index in [0.717, 1.165) is 25.8 Å². The monoisotopic (exact) mass is 300 g/mol. The van der Waals surface area contributed by atoms with Gasteiger partial charge in [0.05, 0.1) is 0 Å². The molecule has 21 heavy (non-hydrogen) atoms. The minimum absolute atomic E-state index is 0.111. The van der Waals surface area contributed by atoms with Gasteiger partial charge in [0, 0.05) is 25.6 Å². The lowest BCUT2D eigenvalue weighted by Gasteiger charge is -2.07. The van der Waals surface area contributed by atoms with Gasteiger partial charge < -0.3 is 16.2 Å². The van der Waals surface area contributed by atoms with Crippen LogP contribution in [0.2, 0.25) is 0 Å². The Hall–Kier alpha value is -0.610. The molecule has 0 aliphatic carbocycles. The first-order valence-electron chi connectivity index (χ1n) is 8.80. The van der Waals surface area contributed by atoms with Crippen molar-refractivity contribution in [1.82, 2.24) is 5.32 Å². The summed E-state index contributed by atoms with van der Waals surface area (Å²) >= 11 is 0. The molecule has 0 spiro atoms. The van der Waals surface area contributed by atoms with Crippen LogP contribution in [0.3, 0.4) is 0 Å². The zero-order valence-electron chi connectivity index (χ0n) is 13.9. The first-order chi connectivity index (χ1) is 10.2. The van der Waals surface area contributed by atoms with E-state index >= 15 is 0 Å². The molecule has 0 radical (unpaired) electrons. The Balaban J connectivity index is 3.10. The number of unbranched alkanes of at least 4 members (excludes halogenated alkanes) is 9. The molecule has 0 aromatic carbocycles. The molecular weight excluding hydrogens is 264 g/mol. The molecule has 4 N–H and O–H groups in total. The molecule has 0 aromatic rings. The van der Waals surface area contributed by atoms with E-state index in [0.29, 0.717) is 13.0 Å². The van der Waals surface area contributed by atoms with E-state index in [1.807, 2.05) is 6.92 Å². The van der Waals surface area contributed by atoms with E-state index in [1.54, 1.807) is 0 Å². The first kappa shape index (κ1) is 20.4. The maximum atomic E-state index is 11.4. The van der Waals surface area contributed by atoms with Gasteiger partial charge in [-0.3, -0.25) is 4.79 Å². The summed E-state index contributed by atoms with van der Waals surface area (Å²) in [7, 11) is 0. The van der Waals surface area contributed by atoms with Gasteiger partial charge in [0.25, 0.3) is 0 Å². The molecule has 0 unspecified atom stereocenters. The van der Waals surface area contributed by atoms with Crippen LogP contribution in [0.4, 0.5) is 0 Å². The zero-order valence-corrected chi connectivity index (χ0v) is 13.9. The average molecular weight is 300 g/mol. The van der Waals surface area contributed by atoms with Crippen molar-refractivity contribution in [3.8, 4) is 0 Å². The molecule has 126 valence electrons. The molecule has 0 heterocycles. The second kappa shape index (κ2) is 15.8.